The second-order valence-electron chi connectivity index (χ2n) is 4.20. The zero-order chi connectivity index (χ0) is 10.2. The number of halogens is 1. The van der Waals surface area contributed by atoms with Gasteiger partial charge in [-0.05, 0) is 37.0 Å². The van der Waals surface area contributed by atoms with Crippen molar-refractivity contribution in [2.75, 3.05) is 0 Å². The fourth-order valence-electron chi connectivity index (χ4n) is 2.13. The monoisotopic (exact) mass is 210 g/mol. The van der Waals surface area contributed by atoms with Crippen molar-refractivity contribution in [1.82, 2.24) is 0 Å². The average Bonchev–Trinajstić information content (AvgIpc) is 2.58. The van der Waals surface area contributed by atoms with Gasteiger partial charge in [0.05, 0.1) is 5.60 Å². The first kappa shape index (κ1) is 10.0. The number of benzene rings is 1. The Hall–Kier alpha value is -0.530. The molecule has 2 rings (SSSR count). The maximum Gasteiger partial charge on any atom is 0.0897 e. The zero-order valence-corrected chi connectivity index (χ0v) is 9.14. The van der Waals surface area contributed by atoms with Gasteiger partial charge in [0.2, 0.25) is 0 Å². The lowest BCUT2D eigenvalue weighted by molar-refractivity contribution is 0.0445. The Labute approximate surface area is 89.7 Å². The molecule has 0 amide bonds. The van der Waals surface area contributed by atoms with E-state index in [-0.39, 0.29) is 0 Å². The third-order valence-electron chi connectivity index (χ3n) is 3.14. The van der Waals surface area contributed by atoms with Gasteiger partial charge in [-0.2, -0.15) is 0 Å². The second kappa shape index (κ2) is 3.56. The molecule has 1 aliphatic rings. The first-order valence-corrected chi connectivity index (χ1v) is 5.49. The van der Waals surface area contributed by atoms with Crippen molar-refractivity contribution in [2.45, 2.75) is 38.2 Å². The SMILES string of the molecule is Cc1ccc(C2(O)CCCC2)cc1Cl. The number of aliphatic hydroxyl groups is 1. The van der Waals surface area contributed by atoms with Crippen molar-refractivity contribution < 1.29 is 5.11 Å². The number of aryl methyl sites for hydroxylation is 1. The molecular weight excluding hydrogens is 196 g/mol. The molecule has 0 saturated heterocycles. The molecule has 1 aromatic rings. The Morgan fingerprint density at radius 2 is 1.93 bits per heavy atom. The van der Waals surface area contributed by atoms with E-state index in [2.05, 4.69) is 0 Å². The molecule has 1 saturated carbocycles. The largest absolute Gasteiger partial charge is 0.385 e. The van der Waals surface area contributed by atoms with Gasteiger partial charge in [0, 0.05) is 5.02 Å². The minimum atomic E-state index is -0.614. The highest BCUT2D eigenvalue weighted by Crippen LogP contribution is 2.39. The minimum Gasteiger partial charge on any atom is -0.385 e. The molecule has 1 N–H and O–H groups in total. The summed E-state index contributed by atoms with van der Waals surface area (Å²) in [7, 11) is 0. The van der Waals surface area contributed by atoms with E-state index in [0.29, 0.717) is 0 Å². The van der Waals surface area contributed by atoms with Gasteiger partial charge in [0.1, 0.15) is 0 Å². The normalized spacial score (nSPS) is 19.9. The van der Waals surface area contributed by atoms with E-state index in [4.69, 9.17) is 11.6 Å². The molecule has 14 heavy (non-hydrogen) atoms. The fraction of sp³-hybridized carbons (Fsp3) is 0.500. The van der Waals surface area contributed by atoms with Crippen LogP contribution in [0.2, 0.25) is 5.02 Å². The smallest absolute Gasteiger partial charge is 0.0897 e. The van der Waals surface area contributed by atoms with E-state index >= 15 is 0 Å². The Morgan fingerprint density at radius 1 is 1.29 bits per heavy atom. The highest BCUT2D eigenvalue weighted by atomic mass is 35.5. The van der Waals surface area contributed by atoms with E-state index in [0.717, 1.165) is 41.8 Å². The molecule has 1 nitrogen and oxygen atoms in total. The standard InChI is InChI=1S/C12H15ClO/c1-9-4-5-10(8-11(9)13)12(14)6-2-3-7-12/h4-5,8,14H,2-3,6-7H2,1H3. The van der Waals surface area contributed by atoms with Gasteiger partial charge in [-0.3, -0.25) is 0 Å². The van der Waals surface area contributed by atoms with Crippen LogP contribution in [-0.4, -0.2) is 5.11 Å². The van der Waals surface area contributed by atoms with Crippen molar-refractivity contribution in [1.29, 1.82) is 0 Å². The van der Waals surface area contributed by atoms with E-state index in [1.165, 1.54) is 0 Å². The first-order valence-electron chi connectivity index (χ1n) is 5.11. The van der Waals surface area contributed by atoms with Crippen molar-refractivity contribution in [3.63, 3.8) is 0 Å². The van der Waals surface area contributed by atoms with Crippen LogP contribution >= 0.6 is 11.6 Å². The summed E-state index contributed by atoms with van der Waals surface area (Å²) in [5, 5.41) is 11.1. The van der Waals surface area contributed by atoms with Crippen molar-refractivity contribution in [2.24, 2.45) is 0 Å². The highest BCUT2D eigenvalue weighted by Gasteiger charge is 2.32. The quantitative estimate of drug-likeness (QED) is 0.753. The van der Waals surface area contributed by atoms with Crippen LogP contribution in [0.5, 0.6) is 0 Å². The average molecular weight is 211 g/mol. The third kappa shape index (κ3) is 1.67. The Morgan fingerprint density at radius 3 is 2.50 bits per heavy atom. The van der Waals surface area contributed by atoms with Gasteiger partial charge in [-0.25, -0.2) is 0 Å². The molecule has 1 aromatic carbocycles. The van der Waals surface area contributed by atoms with E-state index in [9.17, 15) is 5.11 Å². The molecule has 0 aliphatic heterocycles. The summed E-state index contributed by atoms with van der Waals surface area (Å²) in [6.07, 6.45) is 3.96. The van der Waals surface area contributed by atoms with Crippen LogP contribution in [0.4, 0.5) is 0 Å². The summed E-state index contributed by atoms with van der Waals surface area (Å²) >= 11 is 6.04. The second-order valence-corrected chi connectivity index (χ2v) is 4.61. The summed E-state index contributed by atoms with van der Waals surface area (Å²) in [6, 6.07) is 5.88. The maximum absolute atomic E-state index is 10.3. The van der Waals surface area contributed by atoms with E-state index < -0.39 is 5.60 Å². The predicted octanol–water partition coefficient (Wildman–Crippen LogP) is 3.41. The summed E-state index contributed by atoms with van der Waals surface area (Å²) in [4.78, 5) is 0. The summed E-state index contributed by atoms with van der Waals surface area (Å²) in [6.45, 7) is 1.98. The number of hydrogen-bond donors (Lipinski definition) is 1. The lowest BCUT2D eigenvalue weighted by Gasteiger charge is -2.23. The van der Waals surface area contributed by atoms with E-state index in [1.54, 1.807) is 0 Å². The van der Waals surface area contributed by atoms with Crippen LogP contribution in [0.25, 0.3) is 0 Å². The van der Waals surface area contributed by atoms with Crippen LogP contribution in [0.1, 0.15) is 36.8 Å². The Balaban J connectivity index is 2.36. The molecule has 1 aliphatic carbocycles. The van der Waals surface area contributed by atoms with Gasteiger partial charge in [-0.15, -0.1) is 0 Å². The van der Waals surface area contributed by atoms with Gasteiger partial charge in [0.25, 0.3) is 0 Å². The van der Waals surface area contributed by atoms with Crippen LogP contribution < -0.4 is 0 Å². The van der Waals surface area contributed by atoms with Crippen LogP contribution in [0.3, 0.4) is 0 Å². The van der Waals surface area contributed by atoms with Crippen LogP contribution in [0.15, 0.2) is 18.2 Å². The first-order chi connectivity index (χ1) is 6.62. The lowest BCUT2D eigenvalue weighted by Crippen LogP contribution is -2.20. The van der Waals surface area contributed by atoms with Crippen LogP contribution in [0, 0.1) is 6.92 Å². The molecule has 0 atom stereocenters. The van der Waals surface area contributed by atoms with Crippen molar-refractivity contribution in [3.8, 4) is 0 Å². The van der Waals surface area contributed by atoms with Gasteiger partial charge in [-0.1, -0.05) is 36.6 Å². The molecule has 0 spiro atoms. The predicted molar refractivity (Wildman–Crippen MR) is 58.6 cm³/mol. The summed E-state index contributed by atoms with van der Waals surface area (Å²) in [5.74, 6) is 0. The molecule has 0 aromatic heterocycles. The highest BCUT2D eigenvalue weighted by molar-refractivity contribution is 6.31. The molecule has 76 valence electrons. The number of rotatable bonds is 1. The summed E-state index contributed by atoms with van der Waals surface area (Å²) in [5.41, 5.74) is 1.43. The minimum absolute atomic E-state index is 0.614. The summed E-state index contributed by atoms with van der Waals surface area (Å²) < 4.78 is 0. The maximum atomic E-state index is 10.3. The van der Waals surface area contributed by atoms with Crippen LogP contribution in [-0.2, 0) is 5.60 Å². The topological polar surface area (TPSA) is 20.2 Å². The van der Waals surface area contributed by atoms with Crippen molar-refractivity contribution in [3.05, 3.63) is 34.3 Å². The molecule has 0 bridgehead atoms. The molecule has 1 fully saturated rings. The van der Waals surface area contributed by atoms with Gasteiger partial charge >= 0.3 is 0 Å². The van der Waals surface area contributed by atoms with Crippen molar-refractivity contribution >= 4 is 11.6 Å². The van der Waals surface area contributed by atoms with E-state index in [1.807, 2.05) is 25.1 Å². The Kier molecular flexibility index (Phi) is 2.54. The van der Waals surface area contributed by atoms with Gasteiger partial charge < -0.3 is 5.11 Å². The van der Waals surface area contributed by atoms with Gasteiger partial charge in [0.15, 0.2) is 0 Å². The molecule has 0 unspecified atom stereocenters. The molecule has 0 heterocycles. The number of hydrogen-bond acceptors (Lipinski definition) is 1. The molecular formula is C12H15ClO. The third-order valence-corrected chi connectivity index (χ3v) is 3.55. The zero-order valence-electron chi connectivity index (χ0n) is 8.39. The fourth-order valence-corrected chi connectivity index (χ4v) is 2.31. The molecule has 0 radical (unpaired) electrons. The Bertz CT molecular complexity index is 340. The molecule has 2 heteroatoms. The lowest BCUT2D eigenvalue weighted by atomic mass is 9.92.